The predicted molar refractivity (Wildman–Crippen MR) is 79.7 cm³/mol. The van der Waals surface area contributed by atoms with Crippen LogP contribution in [0.25, 0.3) is 0 Å². The number of halogens is 1. The van der Waals surface area contributed by atoms with Gasteiger partial charge in [-0.15, -0.1) is 17.9 Å². The molecule has 0 spiro atoms. The molecule has 0 amide bonds. The van der Waals surface area contributed by atoms with Gasteiger partial charge in [0, 0.05) is 31.1 Å². The molecular weight excluding hydrogens is 304 g/mol. The van der Waals surface area contributed by atoms with Crippen molar-refractivity contribution in [2.24, 2.45) is 0 Å². The maximum absolute atomic E-state index is 12.5. The van der Waals surface area contributed by atoms with Crippen molar-refractivity contribution < 1.29 is 8.42 Å². The molecule has 0 saturated carbocycles. The lowest BCUT2D eigenvalue weighted by Crippen LogP contribution is -2.42. The second-order valence-corrected chi connectivity index (χ2v) is 8.13. The van der Waals surface area contributed by atoms with Crippen LogP contribution in [0.2, 0.25) is 4.34 Å². The lowest BCUT2D eigenvalue weighted by molar-refractivity contribution is 0.376. The van der Waals surface area contributed by atoms with Gasteiger partial charge in [-0.05, 0) is 25.0 Å². The molecule has 0 aliphatic carbocycles. The van der Waals surface area contributed by atoms with Crippen LogP contribution in [0.15, 0.2) is 24.8 Å². The summed E-state index contributed by atoms with van der Waals surface area (Å²) in [6.07, 6.45) is 3.49. The Balaban J connectivity index is 2.16. The molecule has 1 aromatic rings. The van der Waals surface area contributed by atoms with Gasteiger partial charge < -0.3 is 0 Å². The van der Waals surface area contributed by atoms with Crippen molar-refractivity contribution in [3.05, 3.63) is 34.0 Å². The monoisotopic (exact) mass is 320 g/mol. The molecule has 0 radical (unpaired) electrons. The van der Waals surface area contributed by atoms with Crippen LogP contribution >= 0.6 is 22.9 Å². The van der Waals surface area contributed by atoms with Gasteiger partial charge in [0.05, 0.1) is 4.34 Å². The largest absolute Gasteiger partial charge is 0.282 e. The average molecular weight is 321 g/mol. The van der Waals surface area contributed by atoms with Crippen LogP contribution < -0.4 is 0 Å². The van der Waals surface area contributed by atoms with Gasteiger partial charge in [-0.2, -0.15) is 17.0 Å². The Morgan fingerprint density at radius 2 is 2.11 bits per heavy atom. The first kappa shape index (κ1) is 15.0. The topological polar surface area (TPSA) is 40.6 Å². The van der Waals surface area contributed by atoms with Crippen LogP contribution in [0.3, 0.4) is 0 Å². The molecule has 7 heteroatoms. The number of nitrogens with zero attached hydrogens (tertiary/aromatic N) is 2. The highest BCUT2D eigenvalue weighted by atomic mass is 35.5. The number of hydrogen-bond donors (Lipinski definition) is 0. The molecular formula is C12H17ClN2O2S2. The third kappa shape index (κ3) is 3.58. The minimum atomic E-state index is -3.39. The molecule has 1 saturated heterocycles. The van der Waals surface area contributed by atoms with Crippen LogP contribution in [0.1, 0.15) is 17.7 Å². The number of rotatable bonds is 6. The number of thiophene rings is 1. The molecule has 0 atom stereocenters. The second kappa shape index (κ2) is 6.37. The summed E-state index contributed by atoms with van der Waals surface area (Å²) in [5.74, 6) is 0. The van der Waals surface area contributed by atoms with Crippen molar-refractivity contribution in [2.75, 3.05) is 19.6 Å². The first-order valence-electron chi connectivity index (χ1n) is 6.14. The van der Waals surface area contributed by atoms with Crippen LogP contribution in [0, 0.1) is 0 Å². The maximum Gasteiger partial charge on any atom is 0.282 e. The lowest BCUT2D eigenvalue weighted by Gasteiger charge is -2.25. The molecule has 2 rings (SSSR count). The average Bonchev–Trinajstić information content (AvgIpc) is 3.00. The molecule has 1 fully saturated rings. The van der Waals surface area contributed by atoms with Gasteiger partial charge >= 0.3 is 0 Å². The zero-order valence-corrected chi connectivity index (χ0v) is 13.0. The van der Waals surface area contributed by atoms with Crippen LogP contribution in [-0.4, -0.2) is 36.7 Å². The van der Waals surface area contributed by atoms with Crippen molar-refractivity contribution in [3.63, 3.8) is 0 Å². The number of hydrogen-bond acceptors (Lipinski definition) is 3. The van der Waals surface area contributed by atoms with Crippen molar-refractivity contribution >= 4 is 33.1 Å². The summed E-state index contributed by atoms with van der Waals surface area (Å²) < 4.78 is 28.7. The van der Waals surface area contributed by atoms with Crippen molar-refractivity contribution in [2.45, 2.75) is 19.4 Å². The molecule has 0 N–H and O–H groups in total. The fraction of sp³-hybridized carbons (Fsp3) is 0.500. The molecule has 0 unspecified atom stereocenters. The van der Waals surface area contributed by atoms with Crippen molar-refractivity contribution in [3.8, 4) is 0 Å². The normalized spacial score (nSPS) is 17.2. The molecule has 0 aromatic carbocycles. The van der Waals surface area contributed by atoms with Gasteiger partial charge in [-0.1, -0.05) is 17.7 Å². The maximum atomic E-state index is 12.5. The van der Waals surface area contributed by atoms with E-state index in [1.807, 2.05) is 6.07 Å². The van der Waals surface area contributed by atoms with E-state index < -0.39 is 10.2 Å². The summed E-state index contributed by atoms with van der Waals surface area (Å²) in [7, 11) is -3.39. The minimum absolute atomic E-state index is 0.314. The van der Waals surface area contributed by atoms with Crippen LogP contribution in [0.5, 0.6) is 0 Å². The summed E-state index contributed by atoms with van der Waals surface area (Å²) >= 11 is 7.29. The van der Waals surface area contributed by atoms with Gasteiger partial charge in [0.25, 0.3) is 10.2 Å². The van der Waals surface area contributed by atoms with Gasteiger partial charge in [-0.25, -0.2) is 0 Å². The Morgan fingerprint density at radius 3 is 2.63 bits per heavy atom. The third-order valence-electron chi connectivity index (χ3n) is 3.01. The lowest BCUT2D eigenvalue weighted by atomic mass is 10.4. The highest BCUT2D eigenvalue weighted by Crippen LogP contribution is 2.25. The minimum Gasteiger partial charge on any atom is -0.195 e. The standard InChI is InChI=1S/C12H17ClN2O2S2/c1-2-7-15(10-11-5-6-12(13)18-11)19(16,17)14-8-3-4-9-14/h2,5-6H,1,3-4,7-10H2. The molecule has 4 nitrogen and oxygen atoms in total. The first-order valence-corrected chi connectivity index (χ1v) is 8.73. The van der Waals surface area contributed by atoms with Crippen molar-refractivity contribution in [1.29, 1.82) is 0 Å². The molecule has 1 aliphatic heterocycles. The van der Waals surface area contributed by atoms with E-state index in [-0.39, 0.29) is 0 Å². The van der Waals surface area contributed by atoms with E-state index in [2.05, 4.69) is 6.58 Å². The van der Waals surface area contributed by atoms with Gasteiger partial charge in [0.1, 0.15) is 0 Å². The van der Waals surface area contributed by atoms with E-state index in [0.717, 1.165) is 17.7 Å². The van der Waals surface area contributed by atoms with E-state index in [0.29, 0.717) is 30.5 Å². The summed E-state index contributed by atoms with van der Waals surface area (Å²) in [4.78, 5) is 0.939. The zero-order valence-electron chi connectivity index (χ0n) is 10.6. The van der Waals surface area contributed by atoms with E-state index in [1.54, 1.807) is 16.4 Å². The third-order valence-corrected chi connectivity index (χ3v) is 6.18. The quantitative estimate of drug-likeness (QED) is 0.756. The highest BCUT2D eigenvalue weighted by Gasteiger charge is 2.31. The van der Waals surface area contributed by atoms with Crippen LogP contribution in [-0.2, 0) is 16.8 Å². The first-order chi connectivity index (χ1) is 9.04. The van der Waals surface area contributed by atoms with Gasteiger partial charge in [0.2, 0.25) is 0 Å². The second-order valence-electron chi connectivity index (χ2n) is 4.40. The molecule has 106 valence electrons. The van der Waals surface area contributed by atoms with Gasteiger partial charge in [0.15, 0.2) is 0 Å². The van der Waals surface area contributed by atoms with E-state index >= 15 is 0 Å². The Labute approximate surface area is 123 Å². The van der Waals surface area contributed by atoms with Crippen LogP contribution in [0.4, 0.5) is 0 Å². The van der Waals surface area contributed by atoms with E-state index in [1.165, 1.54) is 15.6 Å². The Morgan fingerprint density at radius 1 is 1.42 bits per heavy atom. The Kier molecular flexibility index (Phi) is 5.03. The van der Waals surface area contributed by atoms with Crippen molar-refractivity contribution in [1.82, 2.24) is 8.61 Å². The molecule has 1 aromatic heterocycles. The molecule has 0 bridgehead atoms. The summed E-state index contributed by atoms with van der Waals surface area (Å²) in [5.41, 5.74) is 0. The van der Waals surface area contributed by atoms with E-state index in [4.69, 9.17) is 11.6 Å². The Bertz CT molecular complexity index is 536. The van der Waals surface area contributed by atoms with E-state index in [9.17, 15) is 8.42 Å². The summed E-state index contributed by atoms with van der Waals surface area (Å²) in [5, 5.41) is 0. The Hall–Kier alpha value is -0.400. The fourth-order valence-electron chi connectivity index (χ4n) is 2.08. The SMILES string of the molecule is C=CCN(Cc1ccc(Cl)s1)S(=O)(=O)N1CCCC1. The molecule has 19 heavy (non-hydrogen) atoms. The molecule has 2 heterocycles. The predicted octanol–water partition coefficient (Wildman–Crippen LogP) is 2.73. The highest BCUT2D eigenvalue weighted by molar-refractivity contribution is 7.86. The van der Waals surface area contributed by atoms with Gasteiger partial charge in [-0.3, -0.25) is 0 Å². The molecule has 1 aliphatic rings. The fourth-order valence-corrected chi connectivity index (χ4v) is 4.90. The zero-order chi connectivity index (χ0) is 13.9. The summed E-state index contributed by atoms with van der Waals surface area (Å²) in [6.45, 7) is 5.53. The summed E-state index contributed by atoms with van der Waals surface area (Å²) in [6, 6.07) is 3.65. The smallest absolute Gasteiger partial charge is 0.195 e.